The van der Waals surface area contributed by atoms with Gasteiger partial charge >= 0.3 is 0 Å². The summed E-state index contributed by atoms with van der Waals surface area (Å²) in [4.78, 5) is 2.38. The van der Waals surface area contributed by atoms with Crippen LogP contribution >= 0.6 is 11.8 Å². The molecule has 0 amide bonds. The van der Waals surface area contributed by atoms with Gasteiger partial charge in [-0.1, -0.05) is 0 Å². The summed E-state index contributed by atoms with van der Waals surface area (Å²) < 4.78 is 24.1. The van der Waals surface area contributed by atoms with E-state index in [4.69, 9.17) is 11.8 Å². The van der Waals surface area contributed by atoms with Gasteiger partial charge in [0.2, 0.25) is 10.0 Å². The normalized spacial score (nSPS) is 13.5. The van der Waals surface area contributed by atoms with Crippen LogP contribution in [-0.2, 0) is 10.0 Å². The Labute approximate surface area is 72.5 Å². The van der Waals surface area contributed by atoms with Crippen molar-refractivity contribution >= 4 is 21.8 Å². The third-order valence-electron chi connectivity index (χ3n) is 1.12. The quantitative estimate of drug-likeness (QED) is 0.631. The van der Waals surface area contributed by atoms with Crippen molar-refractivity contribution in [3.8, 4) is 0 Å². The second-order valence-corrected chi connectivity index (χ2v) is 5.06. The number of hydrogen-bond acceptors (Lipinski definition) is 3. The summed E-state index contributed by atoms with van der Waals surface area (Å²) in [7, 11) is -1.81. The highest BCUT2D eigenvalue weighted by Crippen LogP contribution is 2.05. The van der Waals surface area contributed by atoms with Crippen LogP contribution in [0, 0.1) is 0 Å². The van der Waals surface area contributed by atoms with Crippen LogP contribution in [-0.4, -0.2) is 26.8 Å². The van der Waals surface area contributed by atoms with E-state index in [9.17, 15) is 8.42 Å². The first-order chi connectivity index (χ1) is 4.83. The summed E-state index contributed by atoms with van der Waals surface area (Å²) in [6.07, 6.45) is 0. The highest BCUT2D eigenvalue weighted by molar-refractivity contribution is 7.89. The first-order valence-electron chi connectivity index (χ1n) is 3.12. The number of halogens is 1. The Bertz CT molecular complexity index is 213. The minimum absolute atomic E-state index is 0.0417. The average molecular weight is 201 g/mol. The van der Waals surface area contributed by atoms with E-state index in [1.807, 2.05) is 0 Å². The maximum absolute atomic E-state index is 11.0. The molecule has 0 fully saturated rings. The summed E-state index contributed by atoms with van der Waals surface area (Å²) in [5, 5.41) is 0. The predicted molar refractivity (Wildman–Crippen MR) is 45.9 cm³/mol. The maximum atomic E-state index is 11.0. The Balaban J connectivity index is 4.26. The van der Waals surface area contributed by atoms with Gasteiger partial charge in [-0.25, -0.2) is 18.0 Å². The first kappa shape index (κ1) is 11.2. The Morgan fingerprint density at radius 2 is 1.91 bits per heavy atom. The molecule has 68 valence electrons. The zero-order valence-corrected chi connectivity index (χ0v) is 8.38. The van der Waals surface area contributed by atoms with E-state index in [0.29, 0.717) is 0 Å². The lowest BCUT2D eigenvalue weighted by Gasteiger charge is -2.20. The van der Waals surface area contributed by atoms with Crippen LogP contribution in [0.4, 0.5) is 0 Å². The topological polar surface area (TPSA) is 58.2 Å². The molecule has 4 nitrogen and oxygen atoms in total. The summed E-state index contributed by atoms with van der Waals surface area (Å²) in [6.45, 7) is 3.41. The smallest absolute Gasteiger partial charge is 0.213 e. The van der Waals surface area contributed by atoms with Crippen molar-refractivity contribution in [3.05, 3.63) is 0 Å². The molecule has 0 aliphatic rings. The maximum Gasteiger partial charge on any atom is 0.213 e. The Hall–Kier alpha value is 0.160. The van der Waals surface area contributed by atoms with Crippen molar-refractivity contribution in [2.75, 3.05) is 12.8 Å². The predicted octanol–water partition coefficient (Wildman–Crippen LogP) is 0.0576. The number of hydrogen-bond donors (Lipinski definition) is 2. The molecule has 0 aliphatic heterocycles. The molecule has 0 saturated carbocycles. The summed E-state index contributed by atoms with van der Waals surface area (Å²) in [6, 6.07) is 0. The number of sulfonamides is 1. The average Bonchev–Trinajstić information content (AvgIpc) is 1.86. The first-order valence-corrected chi connectivity index (χ1v) is 5.15. The molecule has 11 heavy (non-hydrogen) atoms. The van der Waals surface area contributed by atoms with Crippen LogP contribution < -0.4 is 9.56 Å². The molecule has 0 aliphatic carbocycles. The third kappa shape index (κ3) is 4.58. The Morgan fingerprint density at radius 3 is 2.18 bits per heavy atom. The van der Waals surface area contributed by atoms with Crippen LogP contribution in [0.3, 0.4) is 0 Å². The van der Waals surface area contributed by atoms with E-state index in [2.05, 4.69) is 9.56 Å². The van der Waals surface area contributed by atoms with E-state index >= 15 is 0 Å². The lowest BCUT2D eigenvalue weighted by atomic mass is 10.1. The molecule has 0 rings (SSSR count). The molecule has 0 heterocycles. The van der Waals surface area contributed by atoms with Gasteiger partial charge in [0.05, 0.1) is 5.75 Å². The lowest BCUT2D eigenvalue weighted by molar-refractivity contribution is 0.508. The van der Waals surface area contributed by atoms with Crippen molar-refractivity contribution in [2.24, 2.45) is 0 Å². The Morgan fingerprint density at radius 1 is 1.45 bits per heavy atom. The zero-order valence-electron chi connectivity index (χ0n) is 6.81. The SMILES string of the molecule is CNS(=O)(=O)CC(C)(C)NCl. The molecule has 0 spiro atoms. The summed E-state index contributed by atoms with van der Waals surface area (Å²) in [5.74, 6) is -0.0417. The van der Waals surface area contributed by atoms with Gasteiger partial charge in [-0.3, -0.25) is 0 Å². The minimum atomic E-state index is -3.19. The monoisotopic (exact) mass is 200 g/mol. The van der Waals surface area contributed by atoms with E-state index in [1.165, 1.54) is 7.05 Å². The van der Waals surface area contributed by atoms with Gasteiger partial charge in [0.1, 0.15) is 0 Å². The highest BCUT2D eigenvalue weighted by Gasteiger charge is 2.23. The van der Waals surface area contributed by atoms with Crippen molar-refractivity contribution in [2.45, 2.75) is 19.4 Å². The second-order valence-electron chi connectivity index (χ2n) is 2.94. The zero-order chi connectivity index (χ0) is 9.12. The van der Waals surface area contributed by atoms with Crippen LogP contribution in [0.5, 0.6) is 0 Å². The molecular weight excluding hydrogens is 188 g/mol. The molecule has 0 aromatic heterocycles. The number of nitrogens with one attached hydrogen (secondary N) is 2. The fourth-order valence-electron chi connectivity index (χ4n) is 0.574. The molecule has 0 aromatic rings. The molecular formula is C5H13ClN2O2S. The van der Waals surface area contributed by atoms with Gasteiger partial charge in [0, 0.05) is 5.54 Å². The largest absolute Gasteiger partial charge is 0.227 e. The molecule has 0 unspecified atom stereocenters. The fourth-order valence-corrected chi connectivity index (χ4v) is 1.89. The standard InChI is InChI=1S/C5H13ClN2O2S/c1-5(2,8-6)4-11(9,10)7-3/h7-8H,4H2,1-3H3. The van der Waals surface area contributed by atoms with Gasteiger partial charge in [-0.2, -0.15) is 0 Å². The van der Waals surface area contributed by atoms with E-state index in [0.717, 1.165) is 0 Å². The molecule has 0 atom stereocenters. The summed E-state index contributed by atoms with van der Waals surface area (Å²) >= 11 is 5.31. The van der Waals surface area contributed by atoms with Gasteiger partial charge in [0.25, 0.3) is 0 Å². The third-order valence-corrected chi connectivity index (χ3v) is 3.35. The van der Waals surface area contributed by atoms with Crippen LogP contribution in [0.25, 0.3) is 0 Å². The van der Waals surface area contributed by atoms with Crippen molar-refractivity contribution < 1.29 is 8.42 Å². The van der Waals surface area contributed by atoms with Crippen LogP contribution in [0.15, 0.2) is 0 Å². The van der Waals surface area contributed by atoms with E-state index in [-0.39, 0.29) is 5.75 Å². The van der Waals surface area contributed by atoms with Gasteiger partial charge in [-0.15, -0.1) is 0 Å². The van der Waals surface area contributed by atoms with Gasteiger partial charge < -0.3 is 0 Å². The van der Waals surface area contributed by atoms with Crippen LogP contribution in [0.2, 0.25) is 0 Å². The van der Waals surface area contributed by atoms with Gasteiger partial charge in [0.15, 0.2) is 0 Å². The molecule has 2 N–H and O–H groups in total. The molecule has 0 saturated heterocycles. The summed E-state index contributed by atoms with van der Waals surface area (Å²) in [5.41, 5.74) is -0.608. The fraction of sp³-hybridized carbons (Fsp3) is 1.00. The molecule has 0 radical (unpaired) electrons. The Kier molecular flexibility index (Phi) is 3.76. The van der Waals surface area contributed by atoms with E-state index in [1.54, 1.807) is 13.8 Å². The van der Waals surface area contributed by atoms with Gasteiger partial charge in [-0.05, 0) is 32.7 Å². The molecule has 0 aromatic carbocycles. The highest BCUT2D eigenvalue weighted by atomic mass is 35.5. The molecule has 0 bridgehead atoms. The number of rotatable bonds is 4. The minimum Gasteiger partial charge on any atom is -0.227 e. The second kappa shape index (κ2) is 3.71. The van der Waals surface area contributed by atoms with Crippen molar-refractivity contribution in [1.82, 2.24) is 9.56 Å². The molecule has 6 heteroatoms. The van der Waals surface area contributed by atoms with Crippen molar-refractivity contribution in [3.63, 3.8) is 0 Å². The van der Waals surface area contributed by atoms with E-state index < -0.39 is 15.6 Å². The van der Waals surface area contributed by atoms with Crippen molar-refractivity contribution in [1.29, 1.82) is 0 Å². The van der Waals surface area contributed by atoms with Crippen LogP contribution in [0.1, 0.15) is 13.8 Å². The lowest BCUT2D eigenvalue weighted by Crippen LogP contribution is -2.43.